The molecule has 0 N–H and O–H groups in total. The summed E-state index contributed by atoms with van der Waals surface area (Å²) < 4.78 is 18.9. The zero-order valence-electron chi connectivity index (χ0n) is 53.2. The van der Waals surface area contributed by atoms with Crippen LogP contribution in [0.2, 0.25) is 0 Å². The van der Waals surface area contributed by atoms with E-state index in [2.05, 4.69) is 309 Å². The fourth-order valence-electron chi connectivity index (χ4n) is 13.3. The maximum Gasteiger partial charge on any atom is 0.142 e. The Morgan fingerprint density at radius 1 is 0.315 bits per heavy atom. The van der Waals surface area contributed by atoms with Gasteiger partial charge in [-0.15, -0.1) is 0 Å². The van der Waals surface area contributed by atoms with Crippen molar-refractivity contribution in [1.29, 1.82) is 0 Å². The Bertz CT molecular complexity index is 4930. The van der Waals surface area contributed by atoms with Crippen molar-refractivity contribution >= 4 is 122 Å². The maximum atomic E-state index is 6.98. The number of para-hydroxylation sites is 4. The number of benzene rings is 9. The minimum Gasteiger partial charge on any atom is -0.455 e. The molecule has 0 radical (unpaired) electrons. The first-order valence-corrected chi connectivity index (χ1v) is 31.2. The van der Waals surface area contributed by atoms with Crippen molar-refractivity contribution in [1.82, 2.24) is 19.1 Å². The first-order chi connectivity index (χ1) is 42.5. The summed E-state index contributed by atoms with van der Waals surface area (Å²) in [7, 11) is 0. The van der Waals surface area contributed by atoms with Gasteiger partial charge in [0.25, 0.3) is 0 Å². The van der Waals surface area contributed by atoms with Gasteiger partial charge in [0, 0.05) is 107 Å². The lowest BCUT2D eigenvalue weighted by molar-refractivity contribution is 0.567. The summed E-state index contributed by atoms with van der Waals surface area (Å²) >= 11 is 0. The fourth-order valence-corrected chi connectivity index (χ4v) is 13.3. The molecular formula is C81H74N6O2. The number of hydrogen-bond acceptors (Lipinski definition) is 6. The van der Waals surface area contributed by atoms with Crippen molar-refractivity contribution in [2.45, 2.75) is 112 Å². The largest absolute Gasteiger partial charge is 0.455 e. The Balaban J connectivity index is 0.843. The molecule has 15 aromatic rings. The Labute approximate surface area is 520 Å². The van der Waals surface area contributed by atoms with Crippen molar-refractivity contribution in [3.05, 3.63) is 240 Å². The minimum atomic E-state index is -0.0463. The number of furan rings is 2. The SMILES string of the molecule is Cc1c2oc3cc(N(c4ccccc4)c4ccc5c6ccccc6n(-c6cc(C(C)(C)C)cc(C(C)(C)C)c6)c5c4)ncc3c2cc2c1oc1cc(N(c3ccccc3)c3ccc4c5ccccc5n(-c5cc(C(C)(C)C)cc(C(C)(C)C)c5)c4c3)ncc12. The highest BCUT2D eigenvalue weighted by Gasteiger charge is 2.28. The zero-order valence-corrected chi connectivity index (χ0v) is 53.2. The number of hydrogen-bond donors (Lipinski definition) is 0. The van der Waals surface area contributed by atoms with Gasteiger partial charge in [-0.2, -0.15) is 0 Å². The molecule has 0 aliphatic carbocycles. The summed E-state index contributed by atoms with van der Waals surface area (Å²) in [5, 5.41) is 8.59. The van der Waals surface area contributed by atoms with Crippen LogP contribution in [0.15, 0.2) is 221 Å². The summed E-state index contributed by atoms with van der Waals surface area (Å²) in [6.07, 6.45) is 3.94. The second kappa shape index (κ2) is 20.1. The lowest BCUT2D eigenvalue weighted by atomic mass is 9.80. The number of pyridine rings is 2. The number of fused-ring (bicyclic) bond motifs is 12. The van der Waals surface area contributed by atoms with Crippen LogP contribution in [-0.4, -0.2) is 19.1 Å². The summed E-state index contributed by atoms with van der Waals surface area (Å²) in [6, 6.07) is 72.9. The third kappa shape index (κ3) is 9.33. The van der Waals surface area contributed by atoms with E-state index in [4.69, 9.17) is 18.8 Å². The van der Waals surface area contributed by atoms with Gasteiger partial charge in [-0.3, -0.25) is 9.80 Å². The quantitative estimate of drug-likeness (QED) is 0.151. The van der Waals surface area contributed by atoms with Gasteiger partial charge in [-0.1, -0.05) is 180 Å². The maximum absolute atomic E-state index is 6.98. The number of rotatable bonds is 8. The second-order valence-electron chi connectivity index (χ2n) is 28.5. The van der Waals surface area contributed by atoms with Crippen LogP contribution in [0.5, 0.6) is 0 Å². The van der Waals surface area contributed by atoms with Crippen molar-refractivity contribution in [2.75, 3.05) is 9.80 Å². The molecule has 6 heterocycles. The molecule has 0 aliphatic heterocycles. The van der Waals surface area contributed by atoms with Gasteiger partial charge in [-0.25, -0.2) is 9.97 Å². The highest BCUT2D eigenvalue weighted by molar-refractivity contribution is 6.18. The van der Waals surface area contributed by atoms with E-state index in [1.165, 1.54) is 54.8 Å². The number of anilines is 6. The van der Waals surface area contributed by atoms with Crippen LogP contribution in [0.1, 0.15) is 111 Å². The van der Waals surface area contributed by atoms with Crippen LogP contribution in [-0.2, 0) is 21.7 Å². The van der Waals surface area contributed by atoms with Crippen molar-refractivity contribution in [3.63, 3.8) is 0 Å². The average Bonchev–Trinajstić information content (AvgIpc) is 1.63. The molecule has 8 heteroatoms. The smallest absolute Gasteiger partial charge is 0.142 e. The molecular weight excluding hydrogens is 1090 g/mol. The first-order valence-electron chi connectivity index (χ1n) is 31.2. The van der Waals surface area contributed by atoms with E-state index in [0.717, 1.165) is 106 Å². The molecule has 0 saturated heterocycles. The molecule has 0 amide bonds. The van der Waals surface area contributed by atoms with E-state index < -0.39 is 0 Å². The average molecular weight is 1160 g/mol. The molecule has 8 nitrogen and oxygen atoms in total. The fraction of sp³-hybridized carbons (Fsp3) is 0.210. The first kappa shape index (κ1) is 55.6. The predicted molar refractivity (Wildman–Crippen MR) is 374 cm³/mol. The molecule has 0 saturated carbocycles. The van der Waals surface area contributed by atoms with E-state index in [-0.39, 0.29) is 21.7 Å². The van der Waals surface area contributed by atoms with Crippen LogP contribution >= 0.6 is 0 Å². The molecule has 0 atom stereocenters. The lowest BCUT2D eigenvalue weighted by Gasteiger charge is -2.27. The highest BCUT2D eigenvalue weighted by atomic mass is 16.3. The number of nitrogens with zero attached hydrogens (tertiary/aromatic N) is 6. The standard InChI is InChI=1S/C81H74N6O2/c1-49-76-64(66-47-82-74(45-72(66)88-76)84(54-24-16-14-17-25-54)56-32-34-62-60-28-20-22-30-68(60)86(70(62)42-56)58-38-50(78(2,3)4)36-51(39-58)79(5,6)7)44-65-67-48-83-75(46-73(67)89-77(49)65)85(55-26-18-15-19-27-55)57-33-35-63-61-29-21-23-31-69(61)87(71(63)43-57)59-40-52(80(8,9)10)37-53(41-59)81(11,12)13/h14-48H,1-13H3. The lowest BCUT2D eigenvalue weighted by Crippen LogP contribution is -2.17. The van der Waals surface area contributed by atoms with Gasteiger partial charge in [0.1, 0.15) is 34.0 Å². The third-order valence-electron chi connectivity index (χ3n) is 18.3. The molecule has 0 fully saturated rings. The van der Waals surface area contributed by atoms with E-state index in [1.807, 2.05) is 12.4 Å². The molecule has 0 bridgehead atoms. The zero-order chi connectivity index (χ0) is 61.6. The molecule has 15 rings (SSSR count). The van der Waals surface area contributed by atoms with E-state index in [9.17, 15) is 0 Å². The van der Waals surface area contributed by atoms with Gasteiger partial charge in [0.05, 0.1) is 22.1 Å². The highest BCUT2D eigenvalue weighted by Crippen LogP contribution is 2.47. The van der Waals surface area contributed by atoms with Gasteiger partial charge < -0.3 is 18.0 Å². The minimum absolute atomic E-state index is 0.0463. The third-order valence-corrected chi connectivity index (χ3v) is 18.3. The normalized spacial score (nSPS) is 12.8. The molecule has 440 valence electrons. The van der Waals surface area contributed by atoms with Crippen LogP contribution in [0, 0.1) is 6.92 Å². The Morgan fingerprint density at radius 3 is 1.03 bits per heavy atom. The monoisotopic (exact) mass is 1160 g/mol. The topological polar surface area (TPSA) is 68.4 Å². The van der Waals surface area contributed by atoms with Crippen LogP contribution < -0.4 is 9.80 Å². The molecule has 6 aromatic heterocycles. The van der Waals surface area contributed by atoms with E-state index >= 15 is 0 Å². The van der Waals surface area contributed by atoms with Crippen LogP contribution in [0.4, 0.5) is 34.4 Å². The molecule has 9 aromatic carbocycles. The van der Waals surface area contributed by atoms with Crippen LogP contribution in [0.3, 0.4) is 0 Å². The second-order valence-corrected chi connectivity index (χ2v) is 28.5. The predicted octanol–water partition coefficient (Wildman–Crippen LogP) is 22.9. The Hall–Kier alpha value is -9.92. The van der Waals surface area contributed by atoms with Crippen LogP contribution in [0.25, 0.3) is 98.9 Å². The van der Waals surface area contributed by atoms with Crippen molar-refractivity contribution < 1.29 is 8.83 Å². The van der Waals surface area contributed by atoms with Gasteiger partial charge >= 0.3 is 0 Å². The molecule has 0 spiro atoms. The summed E-state index contributed by atoms with van der Waals surface area (Å²) in [5.74, 6) is 1.48. The Morgan fingerprint density at radius 2 is 0.663 bits per heavy atom. The van der Waals surface area contributed by atoms with Crippen molar-refractivity contribution in [2.24, 2.45) is 0 Å². The summed E-state index contributed by atoms with van der Waals surface area (Å²) in [6.45, 7) is 29.7. The number of aryl methyl sites for hydroxylation is 1. The number of aromatic nitrogens is 4. The van der Waals surface area contributed by atoms with Gasteiger partial charge in [0.15, 0.2) is 0 Å². The van der Waals surface area contributed by atoms with E-state index in [1.54, 1.807) is 0 Å². The summed E-state index contributed by atoms with van der Waals surface area (Å²) in [4.78, 5) is 15.1. The van der Waals surface area contributed by atoms with Gasteiger partial charge in [0.2, 0.25) is 0 Å². The van der Waals surface area contributed by atoms with E-state index in [0.29, 0.717) is 0 Å². The molecule has 89 heavy (non-hydrogen) atoms. The molecule has 0 unspecified atom stereocenters. The molecule has 0 aliphatic rings. The Kier molecular flexibility index (Phi) is 12.5. The summed E-state index contributed by atoms with van der Waals surface area (Å²) in [5.41, 5.74) is 19.8. The van der Waals surface area contributed by atoms with Crippen molar-refractivity contribution in [3.8, 4) is 11.4 Å². The van der Waals surface area contributed by atoms with Gasteiger partial charge in [-0.05, 0) is 142 Å².